The van der Waals surface area contributed by atoms with Gasteiger partial charge in [-0.15, -0.1) is 0 Å². The topological polar surface area (TPSA) is 35.2 Å². The minimum Gasteiger partial charge on any atom is -0.496 e. The maximum atomic E-state index is 13.3. The second-order valence-corrected chi connectivity index (χ2v) is 4.74. The number of hydrogen-bond donors (Lipinski definition) is 1. The van der Waals surface area contributed by atoms with Gasteiger partial charge in [0, 0.05) is 17.2 Å². The number of hydrogen-bond acceptors (Lipinski definition) is 2. The van der Waals surface area contributed by atoms with Crippen LogP contribution in [0.2, 0.25) is 5.02 Å². The highest BCUT2D eigenvalue weighted by atomic mass is 35.5. The van der Waals surface area contributed by atoms with E-state index in [0.29, 0.717) is 5.75 Å². The van der Waals surface area contributed by atoms with Crippen LogP contribution in [0, 0.1) is 5.82 Å². The van der Waals surface area contributed by atoms with Gasteiger partial charge in [0.15, 0.2) is 0 Å². The van der Waals surface area contributed by atoms with Crippen LogP contribution < -0.4 is 10.5 Å². The van der Waals surface area contributed by atoms with Gasteiger partial charge in [0.1, 0.15) is 11.6 Å². The molecular formula is C12H15ClFNO. The lowest BCUT2D eigenvalue weighted by atomic mass is 9.88. The average Bonchev–Trinajstić information content (AvgIpc) is 2.69. The lowest BCUT2D eigenvalue weighted by Gasteiger charge is -2.26. The predicted molar refractivity (Wildman–Crippen MR) is 62.3 cm³/mol. The first-order valence-corrected chi connectivity index (χ1v) is 5.77. The van der Waals surface area contributed by atoms with Crippen LogP contribution in [0.3, 0.4) is 0 Å². The van der Waals surface area contributed by atoms with Crippen molar-refractivity contribution in [3.63, 3.8) is 0 Å². The fourth-order valence-electron chi connectivity index (χ4n) is 2.36. The van der Waals surface area contributed by atoms with Gasteiger partial charge in [0.25, 0.3) is 0 Å². The third-order valence-electron chi connectivity index (χ3n) is 3.27. The van der Waals surface area contributed by atoms with Crippen LogP contribution in [0.25, 0.3) is 0 Å². The molecule has 2 N–H and O–H groups in total. The Balaban J connectivity index is 2.50. The molecule has 0 saturated heterocycles. The van der Waals surface area contributed by atoms with Crippen molar-refractivity contribution in [2.75, 3.05) is 7.11 Å². The van der Waals surface area contributed by atoms with Gasteiger partial charge in [0.2, 0.25) is 0 Å². The van der Waals surface area contributed by atoms with E-state index in [-0.39, 0.29) is 5.02 Å². The fourth-order valence-corrected chi connectivity index (χ4v) is 2.53. The van der Waals surface area contributed by atoms with Crippen LogP contribution in [0.15, 0.2) is 12.1 Å². The van der Waals surface area contributed by atoms with Crippen molar-refractivity contribution in [3.05, 3.63) is 28.5 Å². The monoisotopic (exact) mass is 243 g/mol. The minimum atomic E-state index is -0.469. The molecule has 4 heteroatoms. The second-order valence-electron chi connectivity index (χ2n) is 4.33. The van der Waals surface area contributed by atoms with E-state index in [1.807, 2.05) is 0 Å². The van der Waals surface area contributed by atoms with Crippen LogP contribution in [0.1, 0.15) is 31.2 Å². The van der Waals surface area contributed by atoms with Crippen LogP contribution >= 0.6 is 11.6 Å². The molecule has 0 aromatic heterocycles. The highest BCUT2D eigenvalue weighted by Gasteiger charge is 2.34. The van der Waals surface area contributed by atoms with Crippen molar-refractivity contribution in [2.45, 2.75) is 31.2 Å². The van der Waals surface area contributed by atoms with E-state index in [0.717, 1.165) is 31.2 Å². The summed E-state index contributed by atoms with van der Waals surface area (Å²) in [6.07, 6.45) is 3.97. The third kappa shape index (κ3) is 1.89. The molecule has 0 bridgehead atoms. The zero-order chi connectivity index (χ0) is 11.8. The molecule has 0 radical (unpaired) electrons. The number of halogens is 2. The normalized spacial score (nSPS) is 18.8. The highest BCUT2D eigenvalue weighted by molar-refractivity contribution is 6.30. The Morgan fingerprint density at radius 2 is 2.00 bits per heavy atom. The summed E-state index contributed by atoms with van der Waals surface area (Å²) in [6.45, 7) is 0. The zero-order valence-corrected chi connectivity index (χ0v) is 9.98. The van der Waals surface area contributed by atoms with Gasteiger partial charge in [-0.1, -0.05) is 24.4 Å². The molecule has 1 aromatic carbocycles. The van der Waals surface area contributed by atoms with Crippen molar-refractivity contribution < 1.29 is 9.13 Å². The van der Waals surface area contributed by atoms with Crippen molar-refractivity contribution in [3.8, 4) is 5.75 Å². The summed E-state index contributed by atoms with van der Waals surface area (Å²) in [5.41, 5.74) is 6.72. The summed E-state index contributed by atoms with van der Waals surface area (Å²) in [5, 5.41) is 0.104. The smallest absolute Gasteiger partial charge is 0.145 e. The number of rotatable bonds is 2. The Kier molecular flexibility index (Phi) is 3.08. The average molecular weight is 244 g/mol. The first kappa shape index (κ1) is 11.7. The van der Waals surface area contributed by atoms with E-state index in [9.17, 15) is 4.39 Å². The molecule has 88 valence electrons. The standard InChI is InChI=1S/C12H15ClFNO/c1-16-11-7-10(14)9(13)6-8(11)12(15)4-2-3-5-12/h6-7H,2-5,15H2,1H3. The van der Waals surface area contributed by atoms with Crippen molar-refractivity contribution in [1.82, 2.24) is 0 Å². The van der Waals surface area contributed by atoms with Crippen molar-refractivity contribution >= 4 is 11.6 Å². The molecule has 0 heterocycles. The summed E-state index contributed by atoms with van der Waals surface area (Å²) in [6, 6.07) is 2.91. The van der Waals surface area contributed by atoms with Crippen molar-refractivity contribution in [1.29, 1.82) is 0 Å². The lowest BCUT2D eigenvalue weighted by Crippen LogP contribution is -2.33. The van der Waals surface area contributed by atoms with Crippen LogP contribution in [-0.4, -0.2) is 7.11 Å². The quantitative estimate of drug-likeness (QED) is 0.866. The summed E-state index contributed by atoms with van der Waals surface area (Å²) >= 11 is 5.80. The Bertz CT molecular complexity index is 402. The first-order chi connectivity index (χ1) is 7.57. The number of nitrogens with two attached hydrogens (primary N) is 1. The molecule has 0 aliphatic heterocycles. The molecule has 1 aromatic rings. The molecule has 0 unspecified atom stereocenters. The Labute approximate surface area is 99.5 Å². The number of ether oxygens (including phenoxy) is 1. The van der Waals surface area contributed by atoms with E-state index in [4.69, 9.17) is 22.1 Å². The fraction of sp³-hybridized carbons (Fsp3) is 0.500. The molecule has 0 spiro atoms. The van der Waals surface area contributed by atoms with E-state index < -0.39 is 11.4 Å². The summed E-state index contributed by atoms with van der Waals surface area (Å²) in [5.74, 6) is 0.0233. The molecule has 1 fully saturated rings. The van der Waals surface area contributed by atoms with E-state index >= 15 is 0 Å². The van der Waals surface area contributed by atoms with E-state index in [1.165, 1.54) is 13.2 Å². The first-order valence-electron chi connectivity index (χ1n) is 5.39. The van der Waals surface area contributed by atoms with Gasteiger partial charge in [-0.2, -0.15) is 0 Å². The molecule has 1 saturated carbocycles. The molecule has 0 atom stereocenters. The van der Waals surface area contributed by atoms with Crippen LogP contribution in [-0.2, 0) is 5.54 Å². The Morgan fingerprint density at radius 3 is 2.56 bits per heavy atom. The number of methoxy groups -OCH3 is 1. The maximum Gasteiger partial charge on any atom is 0.145 e. The summed E-state index contributed by atoms with van der Waals surface area (Å²) in [4.78, 5) is 0. The Hall–Kier alpha value is -0.800. The largest absolute Gasteiger partial charge is 0.496 e. The van der Waals surface area contributed by atoms with Crippen LogP contribution in [0.4, 0.5) is 4.39 Å². The maximum absolute atomic E-state index is 13.3. The minimum absolute atomic E-state index is 0.104. The van der Waals surface area contributed by atoms with Gasteiger partial charge in [0.05, 0.1) is 12.1 Å². The Morgan fingerprint density at radius 1 is 1.38 bits per heavy atom. The zero-order valence-electron chi connectivity index (χ0n) is 9.22. The van der Waals surface area contributed by atoms with Gasteiger partial charge in [-0.25, -0.2) is 4.39 Å². The molecule has 16 heavy (non-hydrogen) atoms. The van der Waals surface area contributed by atoms with Gasteiger partial charge < -0.3 is 10.5 Å². The molecule has 1 aliphatic carbocycles. The SMILES string of the molecule is COc1cc(F)c(Cl)cc1C1(N)CCCC1. The second kappa shape index (κ2) is 4.22. The molecule has 0 amide bonds. The molecule has 2 rings (SSSR count). The third-order valence-corrected chi connectivity index (χ3v) is 3.56. The highest BCUT2D eigenvalue weighted by Crippen LogP contribution is 2.42. The van der Waals surface area contributed by atoms with Gasteiger partial charge in [-0.05, 0) is 18.9 Å². The lowest BCUT2D eigenvalue weighted by molar-refractivity contribution is 0.376. The van der Waals surface area contributed by atoms with E-state index in [1.54, 1.807) is 6.07 Å². The van der Waals surface area contributed by atoms with Gasteiger partial charge in [-0.3, -0.25) is 0 Å². The molecule has 2 nitrogen and oxygen atoms in total. The van der Waals surface area contributed by atoms with Crippen molar-refractivity contribution in [2.24, 2.45) is 5.73 Å². The molecule has 1 aliphatic rings. The summed E-state index contributed by atoms with van der Waals surface area (Å²) in [7, 11) is 1.52. The predicted octanol–water partition coefficient (Wildman–Crippen LogP) is 3.22. The summed E-state index contributed by atoms with van der Waals surface area (Å²) < 4.78 is 18.5. The number of benzene rings is 1. The van der Waals surface area contributed by atoms with Crippen LogP contribution in [0.5, 0.6) is 5.75 Å². The van der Waals surface area contributed by atoms with E-state index in [2.05, 4.69) is 0 Å². The molecular weight excluding hydrogens is 229 g/mol. The van der Waals surface area contributed by atoms with Gasteiger partial charge >= 0.3 is 0 Å².